The minimum Gasteiger partial charge on any atom is -0.490 e. The van der Waals surface area contributed by atoms with Crippen molar-refractivity contribution in [3.05, 3.63) is 33.3 Å². The van der Waals surface area contributed by atoms with Crippen LogP contribution in [0.1, 0.15) is 11.4 Å². The average molecular weight is 294 g/mol. The second kappa shape index (κ2) is 6.40. The second-order valence-corrected chi connectivity index (χ2v) is 5.10. The van der Waals surface area contributed by atoms with E-state index in [2.05, 4.69) is 10.2 Å². The number of nitrogens with zero attached hydrogens (tertiary/aromatic N) is 3. The standard InChI is InChI=1S/C12H14N4O3S/c1-19-10-7-8(4-5-9(10)16(17)18)12-15-14-11(20-12)3-2-6-13/h4-5,7H,2-3,6,13H2,1H3. The summed E-state index contributed by atoms with van der Waals surface area (Å²) in [6.45, 7) is 0.611. The molecule has 0 unspecified atom stereocenters. The summed E-state index contributed by atoms with van der Waals surface area (Å²) in [5, 5.41) is 20.6. The van der Waals surface area contributed by atoms with Gasteiger partial charge in [-0.2, -0.15) is 0 Å². The zero-order valence-electron chi connectivity index (χ0n) is 10.9. The molecule has 0 saturated carbocycles. The number of ether oxygens (including phenoxy) is 1. The molecule has 0 amide bonds. The average Bonchev–Trinajstić information content (AvgIpc) is 2.93. The van der Waals surface area contributed by atoms with Crippen LogP contribution in [0.3, 0.4) is 0 Å². The second-order valence-electron chi connectivity index (χ2n) is 4.04. The largest absolute Gasteiger partial charge is 0.490 e. The van der Waals surface area contributed by atoms with Gasteiger partial charge in [-0.25, -0.2) is 0 Å². The van der Waals surface area contributed by atoms with Crippen LogP contribution in [-0.4, -0.2) is 28.8 Å². The summed E-state index contributed by atoms with van der Waals surface area (Å²) in [5.74, 6) is 0.214. The molecule has 0 spiro atoms. The van der Waals surface area contributed by atoms with E-state index >= 15 is 0 Å². The maximum absolute atomic E-state index is 10.8. The van der Waals surface area contributed by atoms with Crippen molar-refractivity contribution >= 4 is 17.0 Å². The van der Waals surface area contributed by atoms with E-state index in [0.29, 0.717) is 11.6 Å². The van der Waals surface area contributed by atoms with Gasteiger partial charge in [-0.05, 0) is 25.1 Å². The number of nitro groups is 1. The van der Waals surface area contributed by atoms with E-state index in [-0.39, 0.29) is 11.4 Å². The summed E-state index contributed by atoms with van der Waals surface area (Å²) in [6.07, 6.45) is 1.65. The normalized spacial score (nSPS) is 10.5. The van der Waals surface area contributed by atoms with Crippen molar-refractivity contribution in [2.45, 2.75) is 12.8 Å². The first-order valence-electron chi connectivity index (χ1n) is 6.01. The third-order valence-corrected chi connectivity index (χ3v) is 3.72. The van der Waals surface area contributed by atoms with E-state index in [9.17, 15) is 10.1 Å². The molecule has 1 heterocycles. The predicted molar refractivity (Wildman–Crippen MR) is 75.9 cm³/mol. The first kappa shape index (κ1) is 14.4. The highest BCUT2D eigenvalue weighted by molar-refractivity contribution is 7.14. The SMILES string of the molecule is COc1cc(-c2nnc(CCCN)s2)ccc1[N+](=O)[O-]. The number of nitrogens with two attached hydrogens (primary N) is 1. The van der Waals surface area contributed by atoms with E-state index in [4.69, 9.17) is 10.5 Å². The van der Waals surface area contributed by atoms with Gasteiger partial charge in [0.1, 0.15) is 10.0 Å². The number of hydrogen-bond donors (Lipinski definition) is 1. The summed E-state index contributed by atoms with van der Waals surface area (Å²) in [6, 6.07) is 4.66. The number of rotatable bonds is 6. The molecule has 2 aromatic rings. The minimum atomic E-state index is -0.477. The Bertz CT molecular complexity index is 614. The highest BCUT2D eigenvalue weighted by Crippen LogP contribution is 2.33. The third-order valence-electron chi connectivity index (χ3n) is 2.68. The van der Waals surface area contributed by atoms with Gasteiger partial charge in [-0.15, -0.1) is 10.2 Å². The Morgan fingerprint density at radius 1 is 1.45 bits per heavy atom. The fourth-order valence-corrected chi connectivity index (χ4v) is 2.56. The van der Waals surface area contributed by atoms with E-state index in [0.717, 1.165) is 23.4 Å². The summed E-state index contributed by atoms with van der Waals surface area (Å²) in [5.41, 5.74) is 6.14. The predicted octanol–water partition coefficient (Wildman–Crippen LogP) is 2.01. The van der Waals surface area contributed by atoms with Crippen LogP contribution in [0.4, 0.5) is 5.69 Å². The van der Waals surface area contributed by atoms with Crippen LogP contribution in [0.5, 0.6) is 5.75 Å². The summed E-state index contributed by atoms with van der Waals surface area (Å²) in [7, 11) is 1.40. The fourth-order valence-electron chi connectivity index (χ4n) is 1.69. The number of hydrogen-bond acceptors (Lipinski definition) is 7. The van der Waals surface area contributed by atoms with Crippen molar-refractivity contribution in [1.82, 2.24) is 10.2 Å². The van der Waals surface area contributed by atoms with Gasteiger partial charge in [0.05, 0.1) is 12.0 Å². The molecular formula is C12H14N4O3S. The molecule has 2 N–H and O–H groups in total. The van der Waals surface area contributed by atoms with Crippen molar-refractivity contribution < 1.29 is 9.66 Å². The van der Waals surface area contributed by atoms with Crippen molar-refractivity contribution in [2.75, 3.05) is 13.7 Å². The molecule has 0 aliphatic carbocycles. The Morgan fingerprint density at radius 2 is 2.25 bits per heavy atom. The molecular weight excluding hydrogens is 280 g/mol. The highest BCUT2D eigenvalue weighted by atomic mass is 32.1. The molecule has 1 aromatic carbocycles. The van der Waals surface area contributed by atoms with Gasteiger partial charge in [0.15, 0.2) is 5.75 Å². The Morgan fingerprint density at radius 3 is 2.90 bits per heavy atom. The summed E-state index contributed by atoms with van der Waals surface area (Å²) >= 11 is 1.46. The third kappa shape index (κ3) is 3.09. The van der Waals surface area contributed by atoms with Gasteiger partial charge in [-0.3, -0.25) is 10.1 Å². The molecule has 0 atom stereocenters. The first-order chi connectivity index (χ1) is 9.65. The molecule has 8 heteroatoms. The van der Waals surface area contributed by atoms with Crippen LogP contribution in [-0.2, 0) is 6.42 Å². The van der Waals surface area contributed by atoms with Gasteiger partial charge in [0.2, 0.25) is 0 Å². The van der Waals surface area contributed by atoms with Gasteiger partial charge >= 0.3 is 5.69 Å². The summed E-state index contributed by atoms with van der Waals surface area (Å²) < 4.78 is 5.04. The highest BCUT2D eigenvalue weighted by Gasteiger charge is 2.16. The molecule has 0 fully saturated rings. The first-order valence-corrected chi connectivity index (χ1v) is 6.82. The molecule has 1 aromatic heterocycles. The monoisotopic (exact) mass is 294 g/mol. The van der Waals surface area contributed by atoms with Gasteiger partial charge in [0.25, 0.3) is 0 Å². The lowest BCUT2D eigenvalue weighted by Crippen LogP contribution is -1.99. The van der Waals surface area contributed by atoms with Crippen LogP contribution >= 0.6 is 11.3 Å². The van der Waals surface area contributed by atoms with Crippen molar-refractivity contribution in [1.29, 1.82) is 0 Å². The molecule has 0 aliphatic heterocycles. The molecule has 7 nitrogen and oxygen atoms in total. The zero-order chi connectivity index (χ0) is 14.5. The Balaban J connectivity index is 2.28. The number of benzene rings is 1. The van der Waals surface area contributed by atoms with E-state index in [1.165, 1.54) is 24.5 Å². The molecule has 2 rings (SSSR count). The quantitative estimate of drug-likeness (QED) is 0.645. The fraction of sp³-hybridized carbons (Fsp3) is 0.333. The molecule has 0 bridgehead atoms. The molecule has 0 aliphatic rings. The molecule has 20 heavy (non-hydrogen) atoms. The lowest BCUT2D eigenvalue weighted by molar-refractivity contribution is -0.385. The van der Waals surface area contributed by atoms with Crippen LogP contribution < -0.4 is 10.5 Å². The van der Waals surface area contributed by atoms with Gasteiger partial charge in [0, 0.05) is 18.1 Å². The lowest BCUT2D eigenvalue weighted by Gasteiger charge is -2.02. The maximum atomic E-state index is 10.8. The van der Waals surface area contributed by atoms with Crippen LogP contribution in [0.25, 0.3) is 10.6 Å². The number of aryl methyl sites for hydroxylation is 1. The van der Waals surface area contributed by atoms with E-state index < -0.39 is 4.92 Å². The maximum Gasteiger partial charge on any atom is 0.310 e. The Hall–Kier alpha value is -2.06. The van der Waals surface area contributed by atoms with Gasteiger partial charge in [-0.1, -0.05) is 11.3 Å². The molecule has 0 saturated heterocycles. The topological polar surface area (TPSA) is 104 Å². The van der Waals surface area contributed by atoms with E-state index in [1.54, 1.807) is 12.1 Å². The van der Waals surface area contributed by atoms with Crippen LogP contribution in [0.2, 0.25) is 0 Å². The van der Waals surface area contributed by atoms with E-state index in [1.807, 2.05) is 0 Å². The Labute approximate surface area is 119 Å². The zero-order valence-corrected chi connectivity index (χ0v) is 11.7. The smallest absolute Gasteiger partial charge is 0.310 e. The minimum absolute atomic E-state index is 0.0656. The van der Waals surface area contributed by atoms with Gasteiger partial charge < -0.3 is 10.5 Å². The number of aromatic nitrogens is 2. The lowest BCUT2D eigenvalue weighted by atomic mass is 10.2. The summed E-state index contributed by atoms with van der Waals surface area (Å²) in [4.78, 5) is 10.4. The van der Waals surface area contributed by atoms with Crippen LogP contribution in [0.15, 0.2) is 18.2 Å². The van der Waals surface area contributed by atoms with Crippen molar-refractivity contribution in [3.8, 4) is 16.3 Å². The van der Waals surface area contributed by atoms with Crippen molar-refractivity contribution in [2.24, 2.45) is 5.73 Å². The Kier molecular flexibility index (Phi) is 4.59. The number of methoxy groups -OCH3 is 1. The number of nitro benzene ring substituents is 1. The van der Waals surface area contributed by atoms with Crippen LogP contribution in [0, 0.1) is 10.1 Å². The molecule has 0 radical (unpaired) electrons. The van der Waals surface area contributed by atoms with Crippen molar-refractivity contribution in [3.63, 3.8) is 0 Å². The molecule has 106 valence electrons.